The van der Waals surface area contributed by atoms with Crippen LogP contribution in [-0.2, 0) is 6.42 Å². The number of fused-ring (bicyclic) bond motifs is 1. The van der Waals surface area contributed by atoms with Crippen LogP contribution in [0.25, 0.3) is 5.57 Å². The lowest BCUT2D eigenvalue weighted by molar-refractivity contribution is 0.800. The molecule has 2 rings (SSSR count). The van der Waals surface area contributed by atoms with Gasteiger partial charge in [0.25, 0.3) is 0 Å². The molecule has 1 aliphatic rings. The third kappa shape index (κ3) is 1.65. The molecule has 0 aromatic carbocycles. The van der Waals surface area contributed by atoms with E-state index in [9.17, 15) is 0 Å². The summed E-state index contributed by atoms with van der Waals surface area (Å²) in [7, 11) is 0. The Bertz CT molecular complexity index is 367. The van der Waals surface area contributed by atoms with Crippen molar-refractivity contribution < 1.29 is 0 Å². The van der Waals surface area contributed by atoms with Gasteiger partial charge in [0.1, 0.15) is 0 Å². The second-order valence-electron chi connectivity index (χ2n) is 3.69. The monoisotopic (exact) mass is 188 g/mol. The molecule has 2 heterocycles. The Morgan fingerprint density at radius 2 is 2.36 bits per heavy atom. The van der Waals surface area contributed by atoms with Crippen LogP contribution in [0.1, 0.15) is 31.7 Å². The standard InChI is InChI=1S/C12H16N2/c1-3-9(2)10-6-7-11-12(14-10)5-4-8-13-11/h3,6-7,13H,4-5,8H2,1-2H3/b9-3+. The molecule has 0 fully saturated rings. The Hall–Kier alpha value is -1.31. The van der Waals surface area contributed by atoms with Gasteiger partial charge in [-0.1, -0.05) is 6.08 Å². The normalized spacial score (nSPS) is 16.0. The number of hydrogen-bond donors (Lipinski definition) is 1. The van der Waals surface area contributed by atoms with E-state index < -0.39 is 0 Å². The maximum atomic E-state index is 4.65. The highest BCUT2D eigenvalue weighted by molar-refractivity contribution is 5.63. The first-order valence-corrected chi connectivity index (χ1v) is 5.18. The molecule has 2 nitrogen and oxygen atoms in total. The van der Waals surface area contributed by atoms with Crippen molar-refractivity contribution in [3.63, 3.8) is 0 Å². The summed E-state index contributed by atoms with van der Waals surface area (Å²) in [6, 6.07) is 4.23. The molecule has 0 saturated heterocycles. The van der Waals surface area contributed by atoms with E-state index in [1.54, 1.807) is 0 Å². The van der Waals surface area contributed by atoms with Crippen LogP contribution in [0.5, 0.6) is 0 Å². The highest BCUT2D eigenvalue weighted by atomic mass is 14.9. The zero-order valence-electron chi connectivity index (χ0n) is 8.80. The first-order valence-electron chi connectivity index (χ1n) is 5.18. The van der Waals surface area contributed by atoms with Gasteiger partial charge in [-0.3, -0.25) is 4.98 Å². The molecule has 1 N–H and O–H groups in total. The minimum absolute atomic E-state index is 1.08. The number of rotatable bonds is 1. The van der Waals surface area contributed by atoms with E-state index in [1.807, 2.05) is 0 Å². The molecule has 74 valence electrons. The molecule has 0 atom stereocenters. The van der Waals surface area contributed by atoms with Gasteiger partial charge in [-0.05, 0) is 44.4 Å². The van der Waals surface area contributed by atoms with Crippen LogP contribution in [0.2, 0.25) is 0 Å². The quantitative estimate of drug-likeness (QED) is 0.733. The largest absolute Gasteiger partial charge is 0.384 e. The van der Waals surface area contributed by atoms with E-state index in [0.717, 1.165) is 18.7 Å². The molecule has 1 aromatic rings. The van der Waals surface area contributed by atoms with Crippen LogP contribution in [-0.4, -0.2) is 11.5 Å². The number of nitrogens with one attached hydrogen (secondary N) is 1. The van der Waals surface area contributed by atoms with Crippen molar-refractivity contribution in [1.29, 1.82) is 0 Å². The van der Waals surface area contributed by atoms with Crippen molar-refractivity contribution in [2.24, 2.45) is 0 Å². The van der Waals surface area contributed by atoms with Gasteiger partial charge in [-0.2, -0.15) is 0 Å². The van der Waals surface area contributed by atoms with Crippen LogP contribution >= 0.6 is 0 Å². The Kier molecular flexibility index (Phi) is 2.53. The van der Waals surface area contributed by atoms with Gasteiger partial charge in [0.2, 0.25) is 0 Å². The molecule has 0 unspecified atom stereocenters. The molecular formula is C12H16N2. The van der Waals surface area contributed by atoms with Gasteiger partial charge in [0.05, 0.1) is 17.1 Å². The maximum absolute atomic E-state index is 4.65. The average Bonchev–Trinajstić information content (AvgIpc) is 2.27. The predicted molar refractivity (Wildman–Crippen MR) is 60.4 cm³/mol. The van der Waals surface area contributed by atoms with Crippen LogP contribution in [0.3, 0.4) is 0 Å². The summed E-state index contributed by atoms with van der Waals surface area (Å²) < 4.78 is 0. The van der Waals surface area contributed by atoms with Gasteiger partial charge in [-0.25, -0.2) is 0 Å². The molecule has 0 spiro atoms. The van der Waals surface area contributed by atoms with Gasteiger partial charge >= 0.3 is 0 Å². The van der Waals surface area contributed by atoms with Crippen LogP contribution in [0.15, 0.2) is 18.2 Å². The summed E-state index contributed by atoms with van der Waals surface area (Å²) >= 11 is 0. The van der Waals surface area contributed by atoms with Gasteiger partial charge in [-0.15, -0.1) is 0 Å². The number of anilines is 1. The zero-order chi connectivity index (χ0) is 9.97. The lowest BCUT2D eigenvalue weighted by atomic mass is 10.1. The molecule has 0 saturated carbocycles. The van der Waals surface area contributed by atoms with Crippen molar-refractivity contribution in [1.82, 2.24) is 4.98 Å². The van der Waals surface area contributed by atoms with Gasteiger partial charge < -0.3 is 5.32 Å². The fourth-order valence-corrected chi connectivity index (χ4v) is 1.70. The van der Waals surface area contributed by atoms with Crippen molar-refractivity contribution in [2.75, 3.05) is 11.9 Å². The topological polar surface area (TPSA) is 24.9 Å². The number of aromatic nitrogens is 1. The lowest BCUT2D eigenvalue weighted by Gasteiger charge is -2.17. The molecule has 2 heteroatoms. The molecule has 14 heavy (non-hydrogen) atoms. The molecule has 0 bridgehead atoms. The summed E-state index contributed by atoms with van der Waals surface area (Å²) in [4.78, 5) is 4.65. The van der Waals surface area contributed by atoms with Crippen LogP contribution in [0, 0.1) is 0 Å². The predicted octanol–water partition coefficient (Wildman–Crippen LogP) is 2.86. The third-order valence-electron chi connectivity index (χ3n) is 2.72. The van der Waals surface area contributed by atoms with E-state index in [-0.39, 0.29) is 0 Å². The molecular weight excluding hydrogens is 172 g/mol. The van der Waals surface area contributed by atoms with E-state index in [2.05, 4.69) is 42.4 Å². The van der Waals surface area contributed by atoms with Crippen molar-refractivity contribution >= 4 is 11.3 Å². The van der Waals surface area contributed by atoms with Crippen LogP contribution in [0.4, 0.5) is 5.69 Å². The zero-order valence-corrected chi connectivity index (χ0v) is 8.80. The highest BCUT2D eigenvalue weighted by Crippen LogP contribution is 2.22. The minimum atomic E-state index is 1.08. The third-order valence-corrected chi connectivity index (χ3v) is 2.72. The number of hydrogen-bond acceptors (Lipinski definition) is 2. The fraction of sp³-hybridized carbons (Fsp3) is 0.417. The van der Waals surface area contributed by atoms with Crippen molar-refractivity contribution in [3.05, 3.63) is 29.6 Å². The van der Waals surface area contributed by atoms with E-state index >= 15 is 0 Å². The summed E-state index contributed by atoms with van der Waals surface area (Å²) in [5.41, 5.74) is 4.78. The molecule has 0 aliphatic carbocycles. The Labute approximate surface area is 85.1 Å². The maximum Gasteiger partial charge on any atom is 0.0660 e. The molecule has 1 aromatic heterocycles. The first kappa shape index (κ1) is 9.25. The summed E-state index contributed by atoms with van der Waals surface area (Å²) in [6.45, 7) is 5.23. The van der Waals surface area contributed by atoms with E-state index in [0.29, 0.717) is 0 Å². The lowest BCUT2D eigenvalue weighted by Crippen LogP contribution is -2.13. The number of pyridine rings is 1. The second-order valence-corrected chi connectivity index (χ2v) is 3.69. The fourth-order valence-electron chi connectivity index (χ4n) is 1.70. The Balaban J connectivity index is 2.38. The highest BCUT2D eigenvalue weighted by Gasteiger charge is 2.10. The van der Waals surface area contributed by atoms with Crippen molar-refractivity contribution in [3.8, 4) is 0 Å². The summed E-state index contributed by atoms with van der Waals surface area (Å²) in [5, 5.41) is 3.36. The Morgan fingerprint density at radius 1 is 1.50 bits per heavy atom. The first-order chi connectivity index (χ1) is 6.81. The molecule has 0 amide bonds. The number of aryl methyl sites for hydroxylation is 1. The summed E-state index contributed by atoms with van der Waals surface area (Å²) in [6.07, 6.45) is 4.40. The Morgan fingerprint density at radius 3 is 3.14 bits per heavy atom. The van der Waals surface area contributed by atoms with Crippen LogP contribution < -0.4 is 5.32 Å². The van der Waals surface area contributed by atoms with Gasteiger partial charge in [0.15, 0.2) is 0 Å². The molecule has 1 aliphatic heterocycles. The SMILES string of the molecule is C/C=C(\C)c1ccc2c(n1)CCCN2. The van der Waals surface area contributed by atoms with Gasteiger partial charge in [0, 0.05) is 6.54 Å². The summed E-state index contributed by atoms with van der Waals surface area (Å²) in [5.74, 6) is 0. The van der Waals surface area contributed by atoms with E-state index in [4.69, 9.17) is 0 Å². The average molecular weight is 188 g/mol. The smallest absolute Gasteiger partial charge is 0.0660 e. The second kappa shape index (κ2) is 3.82. The minimum Gasteiger partial charge on any atom is -0.384 e. The van der Waals surface area contributed by atoms with E-state index in [1.165, 1.54) is 23.4 Å². The molecule has 0 radical (unpaired) electrons. The number of allylic oxidation sites excluding steroid dienone is 2. The number of nitrogens with zero attached hydrogens (tertiary/aromatic N) is 1. The van der Waals surface area contributed by atoms with Crippen molar-refractivity contribution in [2.45, 2.75) is 26.7 Å².